The van der Waals surface area contributed by atoms with Gasteiger partial charge in [0.05, 0.1) is 5.56 Å². The average molecular weight is 253 g/mol. The van der Waals surface area contributed by atoms with Gasteiger partial charge in [-0.2, -0.15) is 0 Å². The van der Waals surface area contributed by atoms with Crippen molar-refractivity contribution in [2.45, 2.75) is 6.92 Å². The number of nitrogens with one attached hydrogen (secondary N) is 1. The van der Waals surface area contributed by atoms with E-state index in [-0.39, 0.29) is 11.3 Å². The second kappa shape index (κ2) is 4.34. The molecule has 0 spiro atoms. The molecule has 0 aliphatic rings. The van der Waals surface area contributed by atoms with Crippen molar-refractivity contribution in [3.8, 4) is 0 Å². The molecule has 2 heterocycles. The van der Waals surface area contributed by atoms with Crippen LogP contribution in [0.5, 0.6) is 0 Å². The van der Waals surface area contributed by atoms with Gasteiger partial charge in [-0.25, -0.2) is 4.79 Å². The molecule has 0 fully saturated rings. The van der Waals surface area contributed by atoms with E-state index in [0.29, 0.717) is 10.1 Å². The zero-order valence-electron chi connectivity index (χ0n) is 8.63. The van der Waals surface area contributed by atoms with E-state index < -0.39 is 11.9 Å². The summed E-state index contributed by atoms with van der Waals surface area (Å²) in [4.78, 5) is 22.2. The first-order chi connectivity index (χ1) is 8.06. The van der Waals surface area contributed by atoms with Gasteiger partial charge in [0.2, 0.25) is 5.13 Å². The summed E-state index contributed by atoms with van der Waals surface area (Å²) in [6.45, 7) is 1.75. The minimum Gasteiger partial charge on any atom is -0.478 e. The van der Waals surface area contributed by atoms with Gasteiger partial charge in [0.1, 0.15) is 11.3 Å². The Morgan fingerprint density at radius 1 is 1.47 bits per heavy atom. The van der Waals surface area contributed by atoms with E-state index in [0.717, 1.165) is 12.3 Å². The Labute approximate surface area is 99.1 Å². The number of furan rings is 1. The molecule has 0 unspecified atom stereocenters. The van der Waals surface area contributed by atoms with E-state index >= 15 is 0 Å². The third-order valence-electron chi connectivity index (χ3n) is 1.82. The lowest BCUT2D eigenvalue weighted by Crippen LogP contribution is -2.10. The maximum absolute atomic E-state index is 11.6. The van der Waals surface area contributed by atoms with Gasteiger partial charge < -0.3 is 9.52 Å². The fraction of sp³-hybridized carbons (Fsp3) is 0.111. The van der Waals surface area contributed by atoms with Gasteiger partial charge >= 0.3 is 5.97 Å². The molecule has 7 nitrogen and oxygen atoms in total. The molecule has 17 heavy (non-hydrogen) atoms. The number of nitrogens with zero attached hydrogens (tertiary/aromatic N) is 2. The highest BCUT2D eigenvalue weighted by Gasteiger charge is 2.15. The van der Waals surface area contributed by atoms with Crippen molar-refractivity contribution in [2.75, 3.05) is 5.32 Å². The third-order valence-corrected chi connectivity index (χ3v) is 2.57. The van der Waals surface area contributed by atoms with Crippen LogP contribution in [0.2, 0.25) is 0 Å². The summed E-state index contributed by atoms with van der Waals surface area (Å²) in [7, 11) is 0. The summed E-state index contributed by atoms with van der Waals surface area (Å²) in [5.74, 6) is -1.80. The van der Waals surface area contributed by atoms with E-state index in [1.54, 1.807) is 6.92 Å². The molecule has 2 rings (SSSR count). The molecule has 0 saturated carbocycles. The van der Waals surface area contributed by atoms with Crippen LogP contribution in [0.15, 0.2) is 16.7 Å². The number of aromatic carboxylic acids is 1. The molecule has 0 radical (unpaired) electrons. The van der Waals surface area contributed by atoms with Crippen LogP contribution in [0.1, 0.15) is 25.9 Å². The Bertz CT molecular complexity index is 574. The zero-order valence-corrected chi connectivity index (χ0v) is 9.45. The second-order valence-electron chi connectivity index (χ2n) is 3.09. The topological polar surface area (TPSA) is 105 Å². The number of anilines is 1. The third kappa shape index (κ3) is 2.48. The van der Waals surface area contributed by atoms with E-state index in [4.69, 9.17) is 9.52 Å². The lowest BCUT2D eigenvalue weighted by atomic mass is 10.3. The van der Waals surface area contributed by atoms with Gasteiger partial charge in [-0.3, -0.25) is 10.1 Å². The van der Waals surface area contributed by atoms with Gasteiger partial charge in [0.25, 0.3) is 5.91 Å². The smallest absolute Gasteiger partial charge is 0.338 e. The SMILES string of the molecule is Cc1nnc(NC(=O)c2cc(C(=O)O)co2)s1. The summed E-state index contributed by atoms with van der Waals surface area (Å²) in [6, 6.07) is 1.14. The summed E-state index contributed by atoms with van der Waals surface area (Å²) in [5.41, 5.74) is -0.0800. The van der Waals surface area contributed by atoms with Crippen molar-refractivity contribution >= 4 is 28.3 Å². The molecular formula is C9H7N3O4S. The number of amides is 1. The number of carboxylic acids is 1. The molecule has 0 saturated heterocycles. The number of carbonyl (C=O) groups excluding carboxylic acids is 1. The van der Waals surface area contributed by atoms with E-state index in [9.17, 15) is 9.59 Å². The predicted octanol–water partition coefficient (Wildman–Crippen LogP) is 1.39. The molecule has 0 aliphatic carbocycles. The number of aromatic nitrogens is 2. The Balaban J connectivity index is 2.11. The highest BCUT2D eigenvalue weighted by atomic mass is 32.1. The normalized spacial score (nSPS) is 10.2. The van der Waals surface area contributed by atoms with Gasteiger partial charge in [-0.1, -0.05) is 11.3 Å². The standard InChI is InChI=1S/C9H7N3O4S/c1-4-11-12-9(17-4)10-7(13)6-2-5(3-16-6)8(14)15/h2-3H,1H3,(H,14,15)(H,10,12,13). The first-order valence-corrected chi connectivity index (χ1v) is 5.31. The summed E-state index contributed by atoms with van der Waals surface area (Å²) in [5, 5.41) is 19.6. The molecule has 2 N–H and O–H groups in total. The number of aryl methyl sites for hydroxylation is 1. The number of carbonyl (C=O) groups is 2. The van der Waals surface area contributed by atoms with Crippen LogP contribution in [0.3, 0.4) is 0 Å². The van der Waals surface area contributed by atoms with Gasteiger partial charge in [-0.05, 0) is 6.92 Å². The maximum atomic E-state index is 11.6. The van der Waals surface area contributed by atoms with E-state index in [1.165, 1.54) is 11.3 Å². The van der Waals surface area contributed by atoms with Crippen LogP contribution in [-0.4, -0.2) is 27.2 Å². The molecule has 1 amide bonds. The summed E-state index contributed by atoms with van der Waals surface area (Å²) in [6.07, 6.45) is 1.00. The number of rotatable bonds is 3. The molecule has 0 aliphatic heterocycles. The quantitative estimate of drug-likeness (QED) is 0.856. The molecule has 88 valence electrons. The highest BCUT2D eigenvalue weighted by molar-refractivity contribution is 7.15. The van der Waals surface area contributed by atoms with Crippen LogP contribution < -0.4 is 5.32 Å². The molecule has 2 aromatic rings. The average Bonchev–Trinajstić information content (AvgIpc) is 2.86. The lowest BCUT2D eigenvalue weighted by Gasteiger charge is -1.95. The molecule has 0 bridgehead atoms. The summed E-state index contributed by atoms with van der Waals surface area (Å²) >= 11 is 1.21. The van der Waals surface area contributed by atoms with Crippen molar-refractivity contribution in [3.63, 3.8) is 0 Å². The van der Waals surface area contributed by atoms with E-state index in [1.807, 2.05) is 0 Å². The Morgan fingerprint density at radius 2 is 2.24 bits per heavy atom. The van der Waals surface area contributed by atoms with E-state index in [2.05, 4.69) is 15.5 Å². The van der Waals surface area contributed by atoms with Crippen molar-refractivity contribution in [1.29, 1.82) is 0 Å². The van der Waals surface area contributed by atoms with Gasteiger partial charge in [-0.15, -0.1) is 10.2 Å². The first-order valence-electron chi connectivity index (χ1n) is 4.49. The Hall–Kier alpha value is -2.22. The fourth-order valence-electron chi connectivity index (χ4n) is 1.07. The second-order valence-corrected chi connectivity index (χ2v) is 4.27. The zero-order chi connectivity index (χ0) is 12.4. The maximum Gasteiger partial charge on any atom is 0.338 e. The van der Waals surface area contributed by atoms with Crippen LogP contribution in [-0.2, 0) is 0 Å². The molecule has 0 atom stereocenters. The summed E-state index contributed by atoms with van der Waals surface area (Å²) < 4.78 is 4.83. The number of carboxylic acid groups (broad SMARTS) is 1. The molecule has 0 aromatic carbocycles. The monoisotopic (exact) mass is 253 g/mol. The first kappa shape index (κ1) is 11.3. The van der Waals surface area contributed by atoms with Crippen LogP contribution >= 0.6 is 11.3 Å². The predicted molar refractivity (Wildman–Crippen MR) is 58.3 cm³/mol. The Morgan fingerprint density at radius 3 is 2.76 bits per heavy atom. The highest BCUT2D eigenvalue weighted by Crippen LogP contribution is 2.16. The van der Waals surface area contributed by atoms with Gasteiger partial charge in [0.15, 0.2) is 5.76 Å². The molecule has 8 heteroatoms. The van der Waals surface area contributed by atoms with Crippen molar-refractivity contribution in [2.24, 2.45) is 0 Å². The van der Waals surface area contributed by atoms with Crippen molar-refractivity contribution < 1.29 is 19.1 Å². The van der Waals surface area contributed by atoms with Crippen molar-refractivity contribution in [3.05, 3.63) is 28.7 Å². The minimum atomic E-state index is -1.15. The minimum absolute atomic E-state index is 0.0800. The number of hydrogen-bond donors (Lipinski definition) is 2. The van der Waals surface area contributed by atoms with Gasteiger partial charge in [0, 0.05) is 6.07 Å². The van der Waals surface area contributed by atoms with Crippen LogP contribution in [0.4, 0.5) is 5.13 Å². The van der Waals surface area contributed by atoms with Crippen LogP contribution in [0.25, 0.3) is 0 Å². The fourth-order valence-corrected chi connectivity index (χ4v) is 1.66. The molecule has 2 aromatic heterocycles. The number of hydrogen-bond acceptors (Lipinski definition) is 6. The van der Waals surface area contributed by atoms with Crippen LogP contribution in [0, 0.1) is 6.92 Å². The Kier molecular flexibility index (Phi) is 2.88. The largest absolute Gasteiger partial charge is 0.478 e. The van der Waals surface area contributed by atoms with Crippen molar-refractivity contribution in [1.82, 2.24) is 10.2 Å². The molecular weight excluding hydrogens is 246 g/mol. The lowest BCUT2D eigenvalue weighted by molar-refractivity contribution is 0.0696.